The van der Waals surface area contributed by atoms with Crippen molar-refractivity contribution in [2.75, 3.05) is 70.5 Å². The number of urea groups is 1. The summed E-state index contributed by atoms with van der Waals surface area (Å²) in [6, 6.07) is 35.2. The van der Waals surface area contributed by atoms with Gasteiger partial charge in [-0.3, -0.25) is 50.9 Å². The number of carbonyl (C=O) groups excluding carboxylic acids is 8. The highest BCUT2D eigenvalue weighted by atomic mass is 32.2. The lowest BCUT2D eigenvalue weighted by atomic mass is 9.77. The number of fused-ring (bicyclic) bond motifs is 2. The summed E-state index contributed by atoms with van der Waals surface area (Å²) in [4.78, 5) is 133. The van der Waals surface area contributed by atoms with Crippen molar-refractivity contribution in [1.82, 2.24) is 31.2 Å². The van der Waals surface area contributed by atoms with Crippen molar-refractivity contribution in [2.24, 2.45) is 11.8 Å². The largest absolute Gasteiger partial charge is 0.481 e. The molecular formula is C85H108N7O23S3+. The molecule has 0 spiro atoms. The number of carboxylic acid groups (broad SMARTS) is 2. The normalized spacial score (nSPS) is 15.6. The molecule has 1 unspecified atom stereocenters. The second-order valence-electron chi connectivity index (χ2n) is 30.0. The van der Waals surface area contributed by atoms with Crippen LogP contribution in [0, 0.1) is 11.8 Å². The molecule has 0 saturated heterocycles. The van der Waals surface area contributed by atoms with Crippen molar-refractivity contribution in [3.05, 3.63) is 190 Å². The van der Waals surface area contributed by atoms with Gasteiger partial charge in [0, 0.05) is 98.3 Å². The van der Waals surface area contributed by atoms with Gasteiger partial charge in [-0.25, -0.2) is 14.2 Å². The maximum Gasteiger partial charge on any atom is 0.326 e. The van der Waals surface area contributed by atoms with E-state index in [1.54, 1.807) is 109 Å². The number of allylic oxidation sites excluding steroid dienone is 3. The van der Waals surface area contributed by atoms with Gasteiger partial charge in [-0.15, -0.1) is 0 Å². The van der Waals surface area contributed by atoms with Crippen LogP contribution in [0.4, 0.5) is 10.5 Å². The molecule has 0 saturated carbocycles. The average molecular weight is 1690 g/mol. The zero-order valence-corrected chi connectivity index (χ0v) is 70.2. The molecular weight excluding hydrogens is 1580 g/mol. The van der Waals surface area contributed by atoms with Gasteiger partial charge < -0.3 is 50.9 Å². The molecule has 5 amide bonds. The van der Waals surface area contributed by atoms with Crippen molar-refractivity contribution in [2.45, 2.75) is 171 Å². The van der Waals surface area contributed by atoms with E-state index in [9.17, 15) is 78.3 Å². The molecule has 4 aromatic rings. The van der Waals surface area contributed by atoms with E-state index in [0.717, 1.165) is 37.8 Å². The van der Waals surface area contributed by atoms with Gasteiger partial charge >= 0.3 is 18.0 Å². The first-order valence-electron chi connectivity index (χ1n) is 39.0. The third-order valence-electron chi connectivity index (χ3n) is 20.4. The number of nitrogens with zero attached hydrogens (tertiary/aromatic N) is 2. The number of aliphatic carboxylic acids is 2. The predicted molar refractivity (Wildman–Crippen MR) is 441 cm³/mol. The second-order valence-corrected chi connectivity index (χ2v) is 35.5. The van der Waals surface area contributed by atoms with Crippen molar-refractivity contribution in [3.63, 3.8) is 0 Å². The van der Waals surface area contributed by atoms with E-state index < -0.39 is 138 Å². The molecule has 0 fully saturated rings. The Morgan fingerprint density at radius 2 is 1.25 bits per heavy atom. The fourth-order valence-electron chi connectivity index (χ4n) is 14.1. The van der Waals surface area contributed by atoms with Crippen LogP contribution >= 0.6 is 0 Å². The van der Waals surface area contributed by atoms with Crippen molar-refractivity contribution < 1.29 is 105 Å². The summed E-state index contributed by atoms with van der Waals surface area (Å²) in [7, 11) is -8.64. The molecule has 7 N–H and O–H groups in total. The predicted octanol–water partition coefficient (Wildman–Crippen LogP) is 8.23. The van der Waals surface area contributed by atoms with Gasteiger partial charge in [-0.1, -0.05) is 118 Å². The number of ether oxygens (including phenoxy) is 1. The molecule has 2 aliphatic heterocycles. The lowest BCUT2D eigenvalue weighted by Gasteiger charge is -2.30. The summed E-state index contributed by atoms with van der Waals surface area (Å²) < 4.78 is 105. The van der Waals surface area contributed by atoms with Gasteiger partial charge in [0.25, 0.3) is 36.8 Å². The van der Waals surface area contributed by atoms with Crippen LogP contribution < -0.4 is 41.4 Å². The van der Waals surface area contributed by atoms with Crippen LogP contribution in [0.25, 0.3) is 17.4 Å². The Morgan fingerprint density at radius 3 is 1.83 bits per heavy atom. The lowest BCUT2D eigenvalue weighted by molar-refractivity contribution is -0.141. The molecule has 2 heterocycles. The number of benzene rings is 5. The monoisotopic (exact) mass is 1690 g/mol. The summed E-state index contributed by atoms with van der Waals surface area (Å²) in [5, 5.41) is 32.5. The van der Waals surface area contributed by atoms with Crippen molar-refractivity contribution in [3.8, 4) is 11.3 Å². The molecule has 0 bridgehead atoms. The third-order valence-corrected chi connectivity index (χ3v) is 24.3. The number of anilines is 1. The number of amides is 5. The van der Waals surface area contributed by atoms with Crippen LogP contribution in [0.2, 0.25) is 0 Å². The highest BCUT2D eigenvalue weighted by molar-refractivity contribution is 7.87. The minimum Gasteiger partial charge on any atom is -0.481 e. The SMILES string of the molecule is CC[N+](CCCS(=O)(=O)OC)=c1ccc2c(C(C)(C)C)cc(/C=C/C=C3\N(CCCS(=O)(=O)OC)c4ccc(S(=O)(=O)OC)cc4C3(C)CCCC(=O)N[C@@H](Cc3ccccc3)C(=O)C[C@@H](Cc3ccccc3)C(=O)NCC(=O)CCCNC(=O)[C@@H](CC(=O)CC[C@H](NC(=O)N[C@@H](CCC(=O)O)OC=O)C(=O)O)Cc3ccccc3)oc-2c1. The Hall–Kier alpha value is -10.6. The van der Waals surface area contributed by atoms with Gasteiger partial charge in [0.1, 0.15) is 36.4 Å². The molecule has 6 atom stereocenters. The zero-order chi connectivity index (χ0) is 86.4. The quantitative estimate of drug-likeness (QED) is 0.00621. The van der Waals surface area contributed by atoms with Crippen molar-refractivity contribution >= 4 is 102 Å². The van der Waals surface area contributed by atoms with Gasteiger partial charge in [0.05, 0.1) is 62.8 Å². The van der Waals surface area contributed by atoms with Crippen molar-refractivity contribution in [1.29, 1.82) is 0 Å². The first-order chi connectivity index (χ1) is 56.0. The number of carboxylic acids is 2. The first kappa shape index (κ1) is 94.6. The summed E-state index contributed by atoms with van der Waals surface area (Å²) in [5.74, 6) is -7.25. The minimum absolute atomic E-state index is 0.0115. The minimum atomic E-state index is -4.28. The molecule has 118 heavy (non-hydrogen) atoms. The number of hydrogen-bond donors (Lipinski definition) is 7. The maximum atomic E-state index is 14.9. The smallest absolute Gasteiger partial charge is 0.326 e. The Bertz CT molecular complexity index is 4960. The first-order valence-corrected chi connectivity index (χ1v) is 43.5. The van der Waals surface area contributed by atoms with Gasteiger partial charge in [0.2, 0.25) is 23.1 Å². The van der Waals surface area contributed by atoms with Crippen LogP contribution in [0.3, 0.4) is 0 Å². The van der Waals surface area contributed by atoms with Crippen LogP contribution in [0.15, 0.2) is 161 Å². The Balaban J connectivity index is 1.07. The molecule has 0 radical (unpaired) electrons. The van der Waals surface area contributed by atoms with E-state index in [-0.39, 0.29) is 125 Å². The molecule has 30 nitrogen and oxygen atoms in total. The number of carbonyl (C=O) groups is 10. The number of rotatable bonds is 50. The number of ketones is 3. The number of Topliss-reactive ketones (excluding diaryl/α,β-unsaturated/α-hetero) is 3. The molecule has 3 aliphatic rings. The lowest BCUT2D eigenvalue weighted by Crippen LogP contribution is -2.49. The standard InChI is InChI=1S/C85H107N7O23S3/c1-9-91(44-22-46-116(105,106)111-6)63-34-37-68-69(84(2,3)4)54-66(115-75(68)53-63)31-19-32-76-85(5,70-55-67(118(109,110)113-8)36-39-73(70)92(76)45-23-47-117(107,108)112-7)42-20-33-77(97)88-72(50-60-28-17-12-18-29-60)74(96)52-62(49-59-26-15-11-16-27-59)81(101)87-56-65(95)30-21-43-86-80(100)61(48-58-24-13-10-14-25-58)51-64(94)35-38-71(82(102)103)89-83(104)90-78(114-57-93)40-41-79(98)99/h10-19,24-29,31-32,34,36-37,39,53-55,57,61-62,71-72,78H,9,20-23,30,33,35,38,40-52,56H2,1-8H3,(H6-,86,87,88,89,90,97,98,99,100,101,102,103,104)/p+1/t61-,62-,71+,72+,78-,85?/m1/s1. The van der Waals surface area contributed by atoms with Crippen LogP contribution in [0.1, 0.15) is 152 Å². The average Bonchev–Trinajstić information content (AvgIpc) is 1.57. The number of nitrogens with one attached hydrogen (secondary N) is 5. The fourth-order valence-corrected chi connectivity index (χ4v) is 16.1. The van der Waals surface area contributed by atoms with Crippen LogP contribution in [0.5, 0.6) is 0 Å². The third kappa shape index (κ3) is 29.2. The number of hydrogen-bond acceptors (Lipinski definition) is 22. The zero-order valence-electron chi connectivity index (χ0n) is 67.7. The highest BCUT2D eigenvalue weighted by Gasteiger charge is 2.44. The summed E-state index contributed by atoms with van der Waals surface area (Å²) in [6.07, 6.45) is 2.59. The van der Waals surface area contributed by atoms with Gasteiger partial charge in [-0.05, 0) is 141 Å². The van der Waals surface area contributed by atoms with E-state index in [1.165, 1.54) is 12.1 Å². The fraction of sp³-hybridized carbons (Fsp3) is 0.447. The highest BCUT2D eigenvalue weighted by Crippen LogP contribution is 2.52. The van der Waals surface area contributed by atoms with E-state index in [1.807, 2.05) is 53.7 Å². The summed E-state index contributed by atoms with van der Waals surface area (Å²) in [5.41, 5.74) is 4.18. The van der Waals surface area contributed by atoms with E-state index in [2.05, 4.69) is 56.3 Å². The summed E-state index contributed by atoms with van der Waals surface area (Å²) >= 11 is 0. The van der Waals surface area contributed by atoms with E-state index in [0.29, 0.717) is 64.7 Å². The van der Waals surface area contributed by atoms with E-state index >= 15 is 0 Å². The van der Waals surface area contributed by atoms with Gasteiger partial charge in [0.15, 0.2) is 17.8 Å². The maximum absolute atomic E-state index is 14.9. The summed E-state index contributed by atoms with van der Waals surface area (Å²) in [6.45, 7) is 10.8. The second kappa shape index (κ2) is 44.8. The Labute approximate surface area is 689 Å². The molecule has 7 rings (SSSR count). The topological polar surface area (TPSA) is 430 Å². The van der Waals surface area contributed by atoms with Crippen LogP contribution in [-0.4, -0.2) is 179 Å². The van der Waals surface area contributed by atoms with E-state index in [4.69, 9.17) is 17.9 Å². The Morgan fingerprint density at radius 1 is 0.636 bits per heavy atom. The molecule has 1 aliphatic carbocycles. The van der Waals surface area contributed by atoms with Crippen LogP contribution in [-0.2, 0) is 121 Å². The van der Waals surface area contributed by atoms with Gasteiger partial charge in [-0.2, -0.15) is 25.3 Å². The molecule has 4 aromatic carbocycles. The molecule has 33 heteroatoms. The molecule has 0 aromatic heterocycles. The molecule has 638 valence electrons. The Kier molecular flexibility index (Phi) is 35.9.